The zero-order chi connectivity index (χ0) is 28.4. The van der Waals surface area contributed by atoms with Gasteiger partial charge in [-0.2, -0.15) is 0 Å². The minimum atomic E-state index is -4.16. The molecule has 2 atom stereocenters. The SMILES string of the molecule is COc1ccc(Cl)c(Nc2nc3ccccc3nc2NS(=O)(=O)c2cccc(C(=O)N3CCC(C(C)N)C3)c2)c1. The molecule has 3 aromatic carbocycles. The number of halogens is 1. The number of ether oxygens (including phenoxy) is 1. The van der Waals surface area contributed by atoms with Crippen LogP contribution in [0.5, 0.6) is 5.75 Å². The van der Waals surface area contributed by atoms with Gasteiger partial charge in [-0.3, -0.25) is 9.52 Å². The molecule has 1 aliphatic rings. The number of nitrogens with one attached hydrogen (secondary N) is 2. The molecule has 40 heavy (non-hydrogen) atoms. The van der Waals surface area contributed by atoms with E-state index in [1.54, 1.807) is 53.4 Å². The molecule has 0 aliphatic carbocycles. The number of hydrogen-bond donors (Lipinski definition) is 3. The highest BCUT2D eigenvalue weighted by Crippen LogP contribution is 2.33. The second-order valence-electron chi connectivity index (χ2n) is 9.67. The molecule has 4 N–H and O–H groups in total. The Kier molecular flexibility index (Phi) is 7.79. The molecule has 1 aliphatic heterocycles. The highest BCUT2D eigenvalue weighted by molar-refractivity contribution is 7.92. The summed E-state index contributed by atoms with van der Waals surface area (Å²) in [5.74, 6) is 0.639. The van der Waals surface area contributed by atoms with E-state index in [2.05, 4.69) is 20.0 Å². The highest BCUT2D eigenvalue weighted by atomic mass is 35.5. The Morgan fingerprint density at radius 1 is 1.07 bits per heavy atom. The number of amides is 1. The van der Waals surface area contributed by atoms with E-state index in [-0.39, 0.29) is 40.0 Å². The third-order valence-corrected chi connectivity index (χ3v) is 8.54. The molecule has 4 aromatic rings. The number of aromatic nitrogens is 2. The molecule has 2 unspecified atom stereocenters. The Labute approximate surface area is 237 Å². The summed E-state index contributed by atoms with van der Waals surface area (Å²) in [6, 6.07) is 18.0. The number of nitrogens with two attached hydrogens (primary N) is 1. The van der Waals surface area contributed by atoms with Gasteiger partial charge in [0.2, 0.25) is 0 Å². The molecule has 0 bridgehead atoms. The van der Waals surface area contributed by atoms with E-state index in [1.807, 2.05) is 13.0 Å². The molecule has 2 heterocycles. The van der Waals surface area contributed by atoms with E-state index in [1.165, 1.54) is 19.2 Å². The number of benzene rings is 3. The topological polar surface area (TPSA) is 140 Å². The predicted octanol–water partition coefficient (Wildman–Crippen LogP) is 4.65. The second kappa shape index (κ2) is 11.3. The smallest absolute Gasteiger partial charge is 0.263 e. The highest BCUT2D eigenvalue weighted by Gasteiger charge is 2.29. The van der Waals surface area contributed by atoms with Crippen molar-refractivity contribution < 1.29 is 17.9 Å². The lowest BCUT2D eigenvalue weighted by Crippen LogP contribution is -2.33. The normalized spacial score (nSPS) is 16.1. The van der Waals surface area contributed by atoms with Crippen LogP contribution in [0, 0.1) is 5.92 Å². The summed E-state index contributed by atoms with van der Waals surface area (Å²) in [5.41, 5.74) is 7.79. The van der Waals surface area contributed by atoms with Gasteiger partial charge >= 0.3 is 0 Å². The van der Waals surface area contributed by atoms with Crippen LogP contribution >= 0.6 is 11.6 Å². The second-order valence-corrected chi connectivity index (χ2v) is 11.8. The Hall–Kier alpha value is -3.93. The summed E-state index contributed by atoms with van der Waals surface area (Å²) < 4.78 is 34.9. The van der Waals surface area contributed by atoms with Crippen LogP contribution in [0.25, 0.3) is 11.0 Å². The first-order valence-corrected chi connectivity index (χ1v) is 14.6. The van der Waals surface area contributed by atoms with Gasteiger partial charge in [0.15, 0.2) is 11.6 Å². The lowest BCUT2D eigenvalue weighted by molar-refractivity contribution is 0.0785. The van der Waals surface area contributed by atoms with Gasteiger partial charge in [0.1, 0.15) is 5.75 Å². The van der Waals surface area contributed by atoms with Crippen molar-refractivity contribution in [1.29, 1.82) is 0 Å². The third kappa shape index (κ3) is 5.81. The molecular formula is C28H29ClN6O4S. The van der Waals surface area contributed by atoms with Crippen LogP contribution in [-0.2, 0) is 10.0 Å². The fourth-order valence-electron chi connectivity index (χ4n) is 4.58. The van der Waals surface area contributed by atoms with Gasteiger partial charge in [0, 0.05) is 30.8 Å². The van der Waals surface area contributed by atoms with Crippen molar-refractivity contribution in [1.82, 2.24) is 14.9 Å². The lowest BCUT2D eigenvalue weighted by atomic mass is 10.0. The van der Waals surface area contributed by atoms with E-state index in [4.69, 9.17) is 22.1 Å². The molecule has 1 fully saturated rings. The first-order valence-electron chi connectivity index (χ1n) is 12.7. The van der Waals surface area contributed by atoms with Crippen LogP contribution < -0.4 is 20.5 Å². The molecule has 0 spiro atoms. The number of fused-ring (bicyclic) bond motifs is 1. The molecule has 1 amide bonds. The maximum absolute atomic E-state index is 13.6. The Morgan fingerprint density at radius 3 is 2.48 bits per heavy atom. The standard InChI is InChI=1S/C28H29ClN6O4S/c1-17(30)19-12-13-35(16-19)28(36)18-6-5-7-21(14-18)40(37,38)34-27-26(31-23-8-3-4-9-24(23)32-27)33-25-15-20(39-2)10-11-22(25)29/h3-11,14-15,17,19H,12-13,16,30H2,1-2H3,(H,31,33)(H,32,34). The van der Waals surface area contributed by atoms with Gasteiger partial charge in [-0.25, -0.2) is 18.4 Å². The maximum Gasteiger partial charge on any atom is 0.263 e. The van der Waals surface area contributed by atoms with Crippen molar-refractivity contribution in [2.24, 2.45) is 11.7 Å². The zero-order valence-corrected chi connectivity index (χ0v) is 23.5. The fraction of sp³-hybridized carbons (Fsp3) is 0.250. The van der Waals surface area contributed by atoms with Crippen LogP contribution in [0.4, 0.5) is 17.3 Å². The molecule has 12 heteroatoms. The number of para-hydroxylation sites is 2. The van der Waals surface area contributed by atoms with Gasteiger partial charge < -0.3 is 20.7 Å². The molecule has 208 valence electrons. The maximum atomic E-state index is 13.6. The van der Waals surface area contributed by atoms with Gasteiger partial charge in [0.05, 0.1) is 33.7 Å². The lowest BCUT2D eigenvalue weighted by Gasteiger charge is -2.19. The summed E-state index contributed by atoms with van der Waals surface area (Å²) in [6.45, 7) is 3.05. The fourth-order valence-corrected chi connectivity index (χ4v) is 5.80. The number of nitrogens with zero attached hydrogens (tertiary/aromatic N) is 3. The van der Waals surface area contributed by atoms with Crippen LogP contribution in [0.15, 0.2) is 71.6 Å². The molecule has 0 radical (unpaired) electrons. The van der Waals surface area contributed by atoms with Crippen LogP contribution in [-0.4, -0.2) is 55.4 Å². The largest absolute Gasteiger partial charge is 0.497 e. The van der Waals surface area contributed by atoms with Crippen LogP contribution in [0.3, 0.4) is 0 Å². The monoisotopic (exact) mass is 580 g/mol. The van der Waals surface area contributed by atoms with E-state index in [0.29, 0.717) is 40.6 Å². The summed E-state index contributed by atoms with van der Waals surface area (Å²) >= 11 is 6.38. The molecule has 0 saturated carbocycles. The predicted molar refractivity (Wildman–Crippen MR) is 156 cm³/mol. The molecular weight excluding hydrogens is 552 g/mol. The number of likely N-dealkylation sites (tertiary alicyclic amines) is 1. The molecule has 1 saturated heterocycles. The summed E-state index contributed by atoms with van der Waals surface area (Å²) in [4.78, 5) is 23.9. The average Bonchev–Trinajstić information content (AvgIpc) is 3.45. The number of rotatable bonds is 8. The number of carbonyl (C=O) groups is 1. The van der Waals surface area contributed by atoms with Crippen molar-refractivity contribution >= 4 is 55.9 Å². The first kappa shape index (κ1) is 27.6. The minimum Gasteiger partial charge on any atom is -0.497 e. The molecule has 1 aromatic heterocycles. The van der Waals surface area contributed by atoms with E-state index < -0.39 is 10.0 Å². The minimum absolute atomic E-state index is 0.0218. The summed E-state index contributed by atoms with van der Waals surface area (Å²) in [5, 5.41) is 3.46. The van der Waals surface area contributed by atoms with Gasteiger partial charge in [-0.15, -0.1) is 0 Å². The Morgan fingerprint density at radius 2 is 1.80 bits per heavy atom. The average molecular weight is 581 g/mol. The van der Waals surface area contributed by atoms with Crippen molar-refractivity contribution in [3.05, 3.63) is 77.3 Å². The van der Waals surface area contributed by atoms with E-state index in [9.17, 15) is 13.2 Å². The number of hydrogen-bond acceptors (Lipinski definition) is 8. The third-order valence-electron chi connectivity index (χ3n) is 6.87. The van der Waals surface area contributed by atoms with E-state index in [0.717, 1.165) is 6.42 Å². The Bertz CT molecular complexity index is 1680. The number of carbonyl (C=O) groups excluding carboxylic acids is 1. The van der Waals surface area contributed by atoms with Gasteiger partial charge in [0.25, 0.3) is 15.9 Å². The Balaban J connectivity index is 1.47. The van der Waals surface area contributed by atoms with Gasteiger partial charge in [-0.1, -0.05) is 29.8 Å². The quantitative estimate of drug-likeness (QED) is 0.274. The summed E-state index contributed by atoms with van der Waals surface area (Å²) in [6.07, 6.45) is 0.816. The number of methoxy groups -OCH3 is 1. The van der Waals surface area contributed by atoms with Crippen molar-refractivity contribution in [2.45, 2.75) is 24.3 Å². The van der Waals surface area contributed by atoms with Crippen molar-refractivity contribution in [3.8, 4) is 5.75 Å². The first-order chi connectivity index (χ1) is 19.1. The zero-order valence-electron chi connectivity index (χ0n) is 22.0. The van der Waals surface area contributed by atoms with Gasteiger partial charge in [-0.05, 0) is 61.7 Å². The van der Waals surface area contributed by atoms with E-state index >= 15 is 0 Å². The summed E-state index contributed by atoms with van der Waals surface area (Å²) in [7, 11) is -2.63. The van der Waals surface area contributed by atoms with Crippen molar-refractivity contribution in [3.63, 3.8) is 0 Å². The van der Waals surface area contributed by atoms with Crippen molar-refractivity contribution in [2.75, 3.05) is 30.2 Å². The molecule has 10 nitrogen and oxygen atoms in total. The van der Waals surface area contributed by atoms with Crippen LogP contribution in [0.2, 0.25) is 5.02 Å². The number of anilines is 3. The number of sulfonamides is 1. The molecule has 5 rings (SSSR count). The van der Waals surface area contributed by atoms with Crippen LogP contribution in [0.1, 0.15) is 23.7 Å².